The van der Waals surface area contributed by atoms with Gasteiger partial charge in [0.05, 0.1) is 31.4 Å². The number of ether oxygens (including phenoxy) is 2. The zero-order chi connectivity index (χ0) is 22.5. The van der Waals surface area contributed by atoms with E-state index in [0.717, 1.165) is 12.0 Å². The lowest BCUT2D eigenvalue weighted by molar-refractivity contribution is -0.140. The van der Waals surface area contributed by atoms with Crippen molar-refractivity contribution in [1.82, 2.24) is 4.90 Å². The Kier molecular flexibility index (Phi) is 7.13. The summed E-state index contributed by atoms with van der Waals surface area (Å²) in [5.74, 6) is -0.920. The number of aliphatic hydroxyl groups is 1. The second kappa shape index (κ2) is 9.79. The number of hydrogen-bond donors (Lipinski definition) is 1. The highest BCUT2D eigenvalue weighted by Crippen LogP contribution is 2.40. The molecule has 0 bridgehead atoms. The molecule has 164 valence electrons. The molecule has 1 atom stereocenters. The number of amides is 1. The van der Waals surface area contributed by atoms with Crippen LogP contribution in [0.25, 0.3) is 5.76 Å². The molecule has 1 aliphatic heterocycles. The van der Waals surface area contributed by atoms with Crippen LogP contribution in [-0.2, 0) is 20.7 Å². The highest BCUT2D eigenvalue weighted by atomic mass is 16.5. The SMILES string of the molecule is CCc1ccc(/C(O)=C2/C(=O)C(=O)N(CCOC(C)C)C2c2cccc(OC)c2)cc1. The fourth-order valence-electron chi connectivity index (χ4n) is 3.71. The third-order valence-electron chi connectivity index (χ3n) is 5.37. The van der Waals surface area contributed by atoms with Crippen LogP contribution in [-0.4, -0.2) is 48.1 Å². The molecule has 1 amide bonds. The quantitative estimate of drug-likeness (QED) is 0.393. The number of methoxy groups -OCH3 is 1. The van der Waals surface area contributed by atoms with Crippen LogP contribution in [0.3, 0.4) is 0 Å². The van der Waals surface area contributed by atoms with Crippen molar-refractivity contribution in [3.63, 3.8) is 0 Å². The molecule has 2 aromatic rings. The maximum absolute atomic E-state index is 13.0. The van der Waals surface area contributed by atoms with E-state index >= 15 is 0 Å². The van der Waals surface area contributed by atoms with E-state index in [2.05, 4.69) is 0 Å². The van der Waals surface area contributed by atoms with E-state index in [0.29, 0.717) is 16.9 Å². The van der Waals surface area contributed by atoms with Crippen LogP contribution in [0.1, 0.15) is 43.5 Å². The van der Waals surface area contributed by atoms with Crippen LogP contribution in [0, 0.1) is 0 Å². The second-order valence-electron chi connectivity index (χ2n) is 7.74. The maximum atomic E-state index is 13.0. The van der Waals surface area contributed by atoms with Crippen molar-refractivity contribution in [1.29, 1.82) is 0 Å². The number of rotatable bonds is 8. The highest BCUT2D eigenvalue weighted by molar-refractivity contribution is 6.46. The van der Waals surface area contributed by atoms with Gasteiger partial charge in [0.2, 0.25) is 0 Å². The Balaban J connectivity index is 2.09. The summed E-state index contributed by atoms with van der Waals surface area (Å²) >= 11 is 0. The Morgan fingerprint density at radius 3 is 2.45 bits per heavy atom. The molecular formula is C25H29NO5. The molecule has 31 heavy (non-hydrogen) atoms. The molecule has 1 fully saturated rings. The molecule has 0 radical (unpaired) electrons. The lowest BCUT2D eigenvalue weighted by atomic mass is 9.94. The molecule has 2 aromatic carbocycles. The lowest BCUT2D eigenvalue weighted by Crippen LogP contribution is -2.33. The Morgan fingerprint density at radius 2 is 1.84 bits per heavy atom. The second-order valence-corrected chi connectivity index (χ2v) is 7.74. The van der Waals surface area contributed by atoms with Gasteiger partial charge in [-0.2, -0.15) is 0 Å². The number of Topliss-reactive ketones (excluding diaryl/α,β-unsaturated/α-hetero) is 1. The summed E-state index contributed by atoms with van der Waals surface area (Å²) < 4.78 is 10.9. The van der Waals surface area contributed by atoms with E-state index in [1.807, 2.05) is 39.0 Å². The van der Waals surface area contributed by atoms with Crippen molar-refractivity contribution in [3.8, 4) is 5.75 Å². The first-order chi connectivity index (χ1) is 14.9. The van der Waals surface area contributed by atoms with Crippen molar-refractivity contribution < 1.29 is 24.2 Å². The maximum Gasteiger partial charge on any atom is 0.295 e. The van der Waals surface area contributed by atoms with Crippen molar-refractivity contribution in [2.24, 2.45) is 0 Å². The average molecular weight is 424 g/mol. The number of carbonyl (C=O) groups is 2. The monoisotopic (exact) mass is 423 g/mol. The molecule has 3 rings (SSSR count). The van der Waals surface area contributed by atoms with Gasteiger partial charge in [0.1, 0.15) is 11.5 Å². The molecule has 6 heteroatoms. The summed E-state index contributed by atoms with van der Waals surface area (Å²) in [5, 5.41) is 11.1. The van der Waals surface area contributed by atoms with Crippen LogP contribution in [0.15, 0.2) is 54.1 Å². The molecule has 1 aliphatic rings. The smallest absolute Gasteiger partial charge is 0.295 e. The van der Waals surface area contributed by atoms with E-state index in [1.165, 1.54) is 4.90 Å². The Hall–Kier alpha value is -3.12. The number of aryl methyl sites for hydroxylation is 1. The van der Waals surface area contributed by atoms with Crippen LogP contribution in [0.5, 0.6) is 5.75 Å². The van der Waals surface area contributed by atoms with Gasteiger partial charge in [-0.3, -0.25) is 9.59 Å². The van der Waals surface area contributed by atoms with Crippen molar-refractivity contribution in [3.05, 3.63) is 70.8 Å². The minimum Gasteiger partial charge on any atom is -0.507 e. The molecule has 1 unspecified atom stereocenters. The summed E-state index contributed by atoms with van der Waals surface area (Å²) in [6.07, 6.45) is 0.870. The van der Waals surface area contributed by atoms with Crippen LogP contribution >= 0.6 is 0 Å². The lowest BCUT2D eigenvalue weighted by Gasteiger charge is -2.26. The molecule has 0 aromatic heterocycles. The molecule has 0 saturated carbocycles. The average Bonchev–Trinajstić information content (AvgIpc) is 3.03. The fourth-order valence-corrected chi connectivity index (χ4v) is 3.71. The number of benzene rings is 2. The number of nitrogens with zero attached hydrogens (tertiary/aromatic N) is 1. The number of ketones is 1. The van der Waals surface area contributed by atoms with Crippen molar-refractivity contribution in [2.45, 2.75) is 39.3 Å². The summed E-state index contributed by atoms with van der Waals surface area (Å²) in [5.41, 5.74) is 2.38. The molecule has 6 nitrogen and oxygen atoms in total. The van der Waals surface area contributed by atoms with Gasteiger partial charge in [0.15, 0.2) is 0 Å². The Labute approximate surface area is 183 Å². The molecule has 0 spiro atoms. The number of carbonyl (C=O) groups excluding carboxylic acids is 2. The van der Waals surface area contributed by atoms with E-state index in [4.69, 9.17) is 9.47 Å². The van der Waals surface area contributed by atoms with E-state index in [9.17, 15) is 14.7 Å². The topological polar surface area (TPSA) is 76.1 Å². The summed E-state index contributed by atoms with van der Waals surface area (Å²) in [6.45, 7) is 6.39. The Bertz CT molecular complexity index is 978. The minimum atomic E-state index is -0.725. The zero-order valence-electron chi connectivity index (χ0n) is 18.4. The van der Waals surface area contributed by atoms with Gasteiger partial charge in [-0.25, -0.2) is 0 Å². The first-order valence-electron chi connectivity index (χ1n) is 10.5. The van der Waals surface area contributed by atoms with Crippen LogP contribution < -0.4 is 4.74 Å². The molecule has 1 N–H and O–H groups in total. The number of hydrogen-bond acceptors (Lipinski definition) is 5. The third kappa shape index (κ3) is 4.80. The van der Waals surface area contributed by atoms with E-state index < -0.39 is 17.7 Å². The van der Waals surface area contributed by atoms with Crippen LogP contribution in [0.2, 0.25) is 0 Å². The summed E-state index contributed by atoms with van der Waals surface area (Å²) in [4.78, 5) is 27.4. The first kappa shape index (κ1) is 22.6. The molecule has 1 heterocycles. The normalized spacial score (nSPS) is 18.1. The van der Waals surface area contributed by atoms with Gasteiger partial charge in [0, 0.05) is 12.1 Å². The van der Waals surface area contributed by atoms with Gasteiger partial charge in [0.25, 0.3) is 11.7 Å². The van der Waals surface area contributed by atoms with Gasteiger partial charge in [-0.15, -0.1) is 0 Å². The van der Waals surface area contributed by atoms with Gasteiger partial charge in [-0.1, -0.05) is 43.3 Å². The largest absolute Gasteiger partial charge is 0.507 e. The van der Waals surface area contributed by atoms with E-state index in [-0.39, 0.29) is 30.6 Å². The molecule has 0 aliphatic carbocycles. The van der Waals surface area contributed by atoms with Gasteiger partial charge < -0.3 is 19.5 Å². The standard InChI is InChI=1S/C25H29NO5/c1-5-17-9-11-18(12-10-17)23(27)21-22(19-7-6-8-20(15-19)30-4)26(25(29)24(21)28)13-14-31-16(2)3/h6-12,15-16,22,27H,5,13-14H2,1-4H3/b23-21-. The van der Waals surface area contributed by atoms with Crippen molar-refractivity contribution >= 4 is 17.4 Å². The summed E-state index contributed by atoms with van der Waals surface area (Å²) in [7, 11) is 1.56. The highest BCUT2D eigenvalue weighted by Gasteiger charge is 2.46. The minimum absolute atomic E-state index is 0.00386. The number of aliphatic hydroxyl groups excluding tert-OH is 1. The molecular weight excluding hydrogens is 394 g/mol. The van der Waals surface area contributed by atoms with Crippen molar-refractivity contribution in [2.75, 3.05) is 20.3 Å². The summed E-state index contributed by atoms with van der Waals surface area (Å²) in [6, 6.07) is 13.8. The van der Waals surface area contributed by atoms with E-state index in [1.54, 1.807) is 37.4 Å². The zero-order valence-corrected chi connectivity index (χ0v) is 18.4. The third-order valence-corrected chi connectivity index (χ3v) is 5.37. The fraction of sp³-hybridized carbons (Fsp3) is 0.360. The predicted octanol–water partition coefficient (Wildman–Crippen LogP) is 4.10. The van der Waals surface area contributed by atoms with Gasteiger partial charge >= 0.3 is 0 Å². The van der Waals surface area contributed by atoms with Crippen LogP contribution in [0.4, 0.5) is 0 Å². The number of likely N-dealkylation sites (tertiary alicyclic amines) is 1. The van der Waals surface area contributed by atoms with Gasteiger partial charge in [-0.05, 0) is 43.5 Å². The molecule has 1 saturated heterocycles. The predicted molar refractivity (Wildman–Crippen MR) is 119 cm³/mol. The first-order valence-corrected chi connectivity index (χ1v) is 10.5. The Morgan fingerprint density at radius 1 is 1.13 bits per heavy atom.